The molecule has 0 N–H and O–H groups in total. The average molecular weight is 1260 g/mol. The molecule has 77 heavy (non-hydrogen) atoms. The van der Waals surface area contributed by atoms with Crippen LogP contribution in [0.15, 0.2) is 226 Å². The second-order valence-electron chi connectivity index (χ2n) is 14.8. The predicted octanol–water partition coefficient (Wildman–Crippen LogP) is 9.52. The quantitative estimate of drug-likeness (QED) is 0.128. The standard InChI is InChI=1S/2C8H6N2.C7H5N3.C7H5N2.C6H4N3.C6H4N2S.C6H4N2Se.C5H3N3S.2Y/c1-2-7-6-9-5-3-8(7)10-4-1;1-2-4-8-7(3-1)9-5-6-10-8;1-2-8-5-7-6(1)9-3-4-10-7;1-2-4-7-6(3-1)8-5-9-7;3*1-2-4-6-5(3-1)7-9-8-6;1-2-6-3-5-4(1)7-9-8-5;;/h2*1-6H;1-5H;1-5H;3*1-4H;1-3H;;/q;;;2*-1;;;;;. The summed E-state index contributed by atoms with van der Waals surface area (Å²) in [5.74, 6) is 0. The van der Waals surface area contributed by atoms with Crippen molar-refractivity contribution in [1.82, 2.24) is 90.7 Å². The minimum absolute atomic E-state index is 0. The van der Waals surface area contributed by atoms with Gasteiger partial charge in [-0.25, -0.2) is 0 Å². The van der Waals surface area contributed by atoms with Gasteiger partial charge >= 0.3 is 58.2 Å². The molecule has 0 fully saturated rings. The molecule has 0 aliphatic heterocycles. The van der Waals surface area contributed by atoms with E-state index < -0.39 is 0 Å². The smallest absolute Gasteiger partial charge is 0.104 e. The Labute approximate surface area is 503 Å². The third-order valence-corrected chi connectivity index (χ3v) is 12.2. The molecule has 19 nitrogen and oxygen atoms in total. The third-order valence-electron chi connectivity index (χ3n) is 9.89. The summed E-state index contributed by atoms with van der Waals surface area (Å²) < 4.78 is 24.5. The molecule has 370 valence electrons. The molecule has 0 atom stereocenters. The number of aromatic nitrogens is 19. The van der Waals surface area contributed by atoms with Crippen LogP contribution in [0.2, 0.25) is 0 Å². The Morgan fingerprint density at radius 3 is 1.34 bits per heavy atom. The van der Waals surface area contributed by atoms with Crippen molar-refractivity contribution in [3.05, 3.63) is 226 Å². The molecule has 11 heterocycles. The zero-order chi connectivity index (χ0) is 51.0. The normalized spacial score (nSPS) is 9.87. The minimum atomic E-state index is 0. The van der Waals surface area contributed by atoms with Crippen molar-refractivity contribution in [3.63, 3.8) is 0 Å². The minimum Gasteiger partial charge on any atom is -0.264 e. The van der Waals surface area contributed by atoms with Crippen molar-refractivity contribution < 1.29 is 65.4 Å². The third kappa shape index (κ3) is 17.5. The first-order valence-electron chi connectivity index (χ1n) is 22.4. The molecule has 5 aromatic carbocycles. The Morgan fingerprint density at radius 1 is 0.325 bits per heavy atom. The van der Waals surface area contributed by atoms with Gasteiger partial charge in [0.05, 0.1) is 57.9 Å². The number of pyridine rings is 4. The van der Waals surface area contributed by atoms with Crippen LogP contribution >= 0.6 is 23.5 Å². The fraction of sp³-hybridized carbons (Fsp3) is 0. The van der Waals surface area contributed by atoms with E-state index in [0.29, 0.717) is 0 Å². The van der Waals surface area contributed by atoms with E-state index in [2.05, 4.69) is 90.7 Å². The number of fused-ring (bicyclic) bond motifs is 8. The molecular weight excluding hydrogens is 1220 g/mol. The Kier molecular flexibility index (Phi) is 23.4. The average Bonchev–Trinajstić information content (AvgIpc) is 4.38. The molecule has 0 aliphatic carbocycles. The molecule has 0 unspecified atom stereocenters. The second kappa shape index (κ2) is 31.5. The summed E-state index contributed by atoms with van der Waals surface area (Å²) in [4.78, 5) is 40.3. The van der Waals surface area contributed by atoms with Crippen LogP contribution in [0.1, 0.15) is 0 Å². The molecule has 0 amide bonds. The van der Waals surface area contributed by atoms with E-state index in [0.717, 1.165) is 88.1 Å². The van der Waals surface area contributed by atoms with Crippen LogP contribution < -0.4 is 10.1 Å². The van der Waals surface area contributed by atoms with E-state index in [9.17, 15) is 0 Å². The molecule has 16 rings (SSSR count). The second-order valence-corrected chi connectivity index (χ2v) is 17.0. The maximum absolute atomic E-state index is 4.20. The van der Waals surface area contributed by atoms with E-state index in [1.165, 1.54) is 23.5 Å². The Hall–Kier alpha value is -7.52. The topological polar surface area (TPSA) is 247 Å². The van der Waals surface area contributed by atoms with Crippen LogP contribution in [0.5, 0.6) is 0 Å². The Bertz CT molecular complexity index is 3360. The van der Waals surface area contributed by atoms with E-state index in [4.69, 9.17) is 0 Å². The van der Waals surface area contributed by atoms with Crippen LogP contribution in [-0.2, 0) is 65.4 Å². The van der Waals surface area contributed by atoms with Gasteiger partial charge in [0.15, 0.2) is 0 Å². The fourth-order valence-electron chi connectivity index (χ4n) is 6.32. The molecule has 0 saturated heterocycles. The summed E-state index contributed by atoms with van der Waals surface area (Å²) in [6, 6.07) is 48.5. The van der Waals surface area contributed by atoms with Crippen LogP contribution in [-0.4, -0.2) is 95.6 Å². The largest absolute Gasteiger partial charge is 0.264 e. The molecule has 0 spiro atoms. The number of nitrogens with zero attached hydrogens (tertiary/aromatic N) is 19. The Morgan fingerprint density at radius 2 is 0.766 bits per heavy atom. The summed E-state index contributed by atoms with van der Waals surface area (Å²) in [6.45, 7) is 0. The van der Waals surface area contributed by atoms with Gasteiger partial charge in [-0.3, -0.25) is 45.1 Å². The summed E-state index contributed by atoms with van der Waals surface area (Å²) in [5.41, 5.74) is 14.2. The van der Waals surface area contributed by atoms with Crippen molar-refractivity contribution in [2.45, 2.75) is 0 Å². The van der Waals surface area contributed by atoms with Crippen LogP contribution in [0.25, 0.3) is 88.1 Å². The van der Waals surface area contributed by atoms with Crippen molar-refractivity contribution >= 4 is 127 Å². The molecular formula is C53H37N19S2SeY2-2. The van der Waals surface area contributed by atoms with Gasteiger partial charge in [-0.05, 0) is 76.7 Å². The fourth-order valence-corrected chi connectivity index (χ4v) is 8.46. The first kappa shape index (κ1) is 57.2. The number of benzene rings is 5. The first-order valence-corrected chi connectivity index (χ1v) is 25.4. The van der Waals surface area contributed by atoms with Gasteiger partial charge in [-0.1, -0.05) is 79.1 Å². The zero-order valence-corrected chi connectivity index (χ0v) is 49.3. The van der Waals surface area contributed by atoms with Crippen molar-refractivity contribution in [1.29, 1.82) is 0 Å². The van der Waals surface area contributed by atoms with Gasteiger partial charge in [0.1, 0.15) is 27.6 Å². The van der Waals surface area contributed by atoms with Gasteiger partial charge < -0.3 is 20.2 Å². The summed E-state index contributed by atoms with van der Waals surface area (Å²) in [6.07, 6.45) is 20.4. The van der Waals surface area contributed by atoms with Crippen molar-refractivity contribution in [2.75, 3.05) is 0 Å². The first-order chi connectivity index (χ1) is 37.2. The number of rotatable bonds is 0. The number of imidazole rings is 1. The van der Waals surface area contributed by atoms with Crippen molar-refractivity contribution in [3.8, 4) is 0 Å². The number of hydrogen-bond donors (Lipinski definition) is 0. The number of hydrogen-bond acceptors (Lipinski definition) is 19. The van der Waals surface area contributed by atoms with Gasteiger partial charge in [0.25, 0.3) is 0 Å². The maximum atomic E-state index is 4.20. The molecule has 0 saturated carbocycles. The van der Waals surface area contributed by atoms with Crippen LogP contribution in [0, 0.1) is 0 Å². The van der Waals surface area contributed by atoms with E-state index >= 15 is 0 Å². The van der Waals surface area contributed by atoms with E-state index in [1.807, 2.05) is 158 Å². The van der Waals surface area contributed by atoms with Crippen LogP contribution in [0.3, 0.4) is 0 Å². The SMILES string of the molecule is [Y].[Y].c1cc2nccnc2cn1.c1cc2nsnc2cn1.c1ccc2[n-]cnc2c1.c1ccc2[n-]nnc2c1.c1ccc2n[se]nc2c1.c1ccc2nccnc2c1.c1ccc2nsnc2c1.c1cnc2ccncc2c1. The van der Waals surface area contributed by atoms with E-state index in [-0.39, 0.29) is 80.4 Å². The van der Waals surface area contributed by atoms with Gasteiger partial charge in [0.2, 0.25) is 0 Å². The molecule has 0 aliphatic rings. The molecule has 0 bridgehead atoms. The summed E-state index contributed by atoms with van der Waals surface area (Å²) in [5, 5.41) is 12.1. The monoisotopic (exact) mass is 1260 g/mol. The number of para-hydroxylation sites is 4. The maximum Gasteiger partial charge on any atom is 0.104 e. The van der Waals surface area contributed by atoms with Crippen LogP contribution in [0.4, 0.5) is 0 Å². The summed E-state index contributed by atoms with van der Waals surface area (Å²) in [7, 11) is 0. The van der Waals surface area contributed by atoms with Gasteiger partial charge in [-0.15, -0.1) is 0 Å². The Balaban J connectivity index is 0.000000127. The summed E-state index contributed by atoms with van der Waals surface area (Å²) >= 11 is 2.59. The molecule has 2 radical (unpaired) electrons. The van der Waals surface area contributed by atoms with E-state index in [1.54, 1.807) is 68.3 Å². The predicted molar refractivity (Wildman–Crippen MR) is 293 cm³/mol. The zero-order valence-electron chi connectivity index (χ0n) is 40.2. The van der Waals surface area contributed by atoms with Gasteiger partial charge in [0, 0.05) is 127 Å². The molecule has 16 aromatic rings. The molecule has 11 aromatic heterocycles. The molecule has 24 heteroatoms. The van der Waals surface area contributed by atoms with Crippen molar-refractivity contribution in [2.24, 2.45) is 0 Å². The van der Waals surface area contributed by atoms with Gasteiger partial charge in [-0.2, -0.15) is 17.5 Å².